The number of rotatable bonds is 5. The second-order valence-electron chi connectivity index (χ2n) is 7.89. The molecule has 0 unspecified atom stereocenters. The molecule has 11 heteroatoms. The monoisotopic (exact) mass is 418 g/mol. The number of alkyl halides is 2. The van der Waals surface area contributed by atoms with Crippen molar-refractivity contribution >= 4 is 11.9 Å². The summed E-state index contributed by atoms with van der Waals surface area (Å²) in [7, 11) is 3.99. The number of halogens is 2. The Bertz CT molecular complexity index is 747. The molecule has 1 aliphatic rings. The van der Waals surface area contributed by atoms with E-state index < -0.39 is 47.8 Å². The maximum Gasteiger partial charge on any atom is 0.310 e. The van der Waals surface area contributed by atoms with Crippen LogP contribution in [0.3, 0.4) is 0 Å². The molecule has 0 aromatic carbocycles. The summed E-state index contributed by atoms with van der Waals surface area (Å²) in [5, 5.41) is 7.68. The summed E-state index contributed by atoms with van der Waals surface area (Å²) in [6.07, 6.45) is -2.12. The van der Waals surface area contributed by atoms with Gasteiger partial charge in [-0.05, 0) is 20.8 Å². The van der Waals surface area contributed by atoms with Gasteiger partial charge in [0.15, 0.2) is 5.69 Å². The highest BCUT2D eigenvalue weighted by atomic mass is 19.3. The molecule has 2 heterocycles. The van der Waals surface area contributed by atoms with Gasteiger partial charge in [-0.25, -0.2) is 4.68 Å². The predicted molar refractivity (Wildman–Crippen MR) is 97.3 cm³/mol. The predicted octanol–water partition coefficient (Wildman–Crippen LogP) is 1.62. The van der Waals surface area contributed by atoms with Crippen LogP contribution in [0, 0.1) is 0 Å². The van der Waals surface area contributed by atoms with Gasteiger partial charge in [0.2, 0.25) is 5.91 Å². The normalized spacial score (nSPS) is 21.9. The van der Waals surface area contributed by atoms with Crippen molar-refractivity contribution < 1.29 is 32.6 Å². The summed E-state index contributed by atoms with van der Waals surface area (Å²) in [4.78, 5) is 24.8. The van der Waals surface area contributed by atoms with Crippen molar-refractivity contribution in [2.45, 2.75) is 57.3 Å². The van der Waals surface area contributed by atoms with Crippen LogP contribution < -0.4 is 0 Å². The lowest BCUT2D eigenvalue weighted by Crippen LogP contribution is -2.49. The molecule has 2 rings (SSSR count). The topological polar surface area (TPSA) is 95.8 Å². The smallest absolute Gasteiger partial charge is 0.310 e. The van der Waals surface area contributed by atoms with Crippen molar-refractivity contribution in [3.63, 3.8) is 0 Å². The summed E-state index contributed by atoms with van der Waals surface area (Å²) >= 11 is 0. The number of carbonyl (C=O) groups is 2. The van der Waals surface area contributed by atoms with E-state index in [-0.39, 0.29) is 25.1 Å². The van der Waals surface area contributed by atoms with Gasteiger partial charge in [0.05, 0.1) is 32.2 Å². The summed E-state index contributed by atoms with van der Waals surface area (Å²) in [5.41, 5.74) is -1.05. The molecule has 0 aliphatic carbocycles. The average Bonchev–Trinajstić information content (AvgIpc) is 3.09. The summed E-state index contributed by atoms with van der Waals surface area (Å²) < 4.78 is 47.2. The molecule has 0 fully saturated rings. The Hall–Kier alpha value is -2.14. The van der Waals surface area contributed by atoms with E-state index in [9.17, 15) is 9.59 Å². The van der Waals surface area contributed by atoms with Gasteiger partial charge in [-0.15, -0.1) is 5.10 Å². The fourth-order valence-corrected chi connectivity index (χ4v) is 3.29. The van der Waals surface area contributed by atoms with E-state index in [1.807, 2.05) is 20.8 Å². The Labute approximate surface area is 168 Å². The molecule has 1 amide bonds. The molecule has 0 saturated heterocycles. The molecule has 29 heavy (non-hydrogen) atoms. The van der Waals surface area contributed by atoms with Crippen LogP contribution in [0.25, 0.3) is 0 Å². The first-order chi connectivity index (χ1) is 13.5. The van der Waals surface area contributed by atoms with E-state index in [1.54, 1.807) is 0 Å². The van der Waals surface area contributed by atoms with Crippen LogP contribution >= 0.6 is 0 Å². The number of carbonyl (C=O) groups excluding carboxylic acids is 2. The van der Waals surface area contributed by atoms with Gasteiger partial charge in [0.1, 0.15) is 17.9 Å². The molecule has 1 aliphatic heterocycles. The number of aromatic nitrogens is 3. The number of methoxy groups -OCH3 is 3. The van der Waals surface area contributed by atoms with E-state index in [0.717, 1.165) is 4.90 Å². The van der Waals surface area contributed by atoms with Crippen molar-refractivity contribution in [3.8, 4) is 0 Å². The summed E-state index contributed by atoms with van der Waals surface area (Å²) in [5.74, 6) is -4.67. The molecule has 164 valence electrons. The van der Waals surface area contributed by atoms with Gasteiger partial charge >= 0.3 is 11.9 Å². The van der Waals surface area contributed by atoms with Gasteiger partial charge in [-0.1, -0.05) is 5.21 Å². The third-order valence-electron chi connectivity index (χ3n) is 4.76. The number of esters is 1. The van der Waals surface area contributed by atoms with Crippen molar-refractivity contribution in [2.24, 2.45) is 0 Å². The van der Waals surface area contributed by atoms with E-state index in [2.05, 4.69) is 15.0 Å². The molecular formula is C18H28F2N4O5. The van der Waals surface area contributed by atoms with Crippen molar-refractivity contribution in [1.29, 1.82) is 0 Å². The highest BCUT2D eigenvalue weighted by Crippen LogP contribution is 2.39. The Kier molecular flexibility index (Phi) is 6.94. The standard InChI is InChI=1S/C18H28F2N4O5/c1-17(2,3)24-14-15(29-6)11(27-4)9-23(12(25)7-8-13(26)28-5)10-18(19,20)16(14)21-22-24/h11,15H,7-10H2,1-6H3/t11-,15+/m0/s1. The van der Waals surface area contributed by atoms with Gasteiger partial charge in [-0.3, -0.25) is 9.59 Å². The maximum absolute atomic E-state index is 15.2. The highest BCUT2D eigenvalue weighted by molar-refractivity contribution is 5.81. The zero-order valence-electron chi connectivity index (χ0n) is 17.6. The van der Waals surface area contributed by atoms with E-state index in [0.29, 0.717) is 0 Å². The fraction of sp³-hybridized carbons (Fsp3) is 0.778. The third kappa shape index (κ3) is 4.89. The van der Waals surface area contributed by atoms with Gasteiger partial charge < -0.3 is 19.1 Å². The number of fused-ring (bicyclic) bond motifs is 1. The molecule has 0 saturated carbocycles. The van der Waals surface area contributed by atoms with Crippen LogP contribution in [0.1, 0.15) is 51.1 Å². The zero-order valence-corrected chi connectivity index (χ0v) is 17.6. The second-order valence-corrected chi connectivity index (χ2v) is 7.89. The molecule has 2 atom stereocenters. The Morgan fingerprint density at radius 1 is 1.17 bits per heavy atom. The van der Waals surface area contributed by atoms with Crippen LogP contribution in [-0.4, -0.2) is 72.3 Å². The number of ether oxygens (including phenoxy) is 3. The first kappa shape index (κ1) is 23.1. The molecular weight excluding hydrogens is 390 g/mol. The van der Waals surface area contributed by atoms with Crippen molar-refractivity contribution in [3.05, 3.63) is 11.4 Å². The summed E-state index contributed by atoms with van der Waals surface area (Å²) in [6.45, 7) is 4.40. The average molecular weight is 418 g/mol. The van der Waals surface area contributed by atoms with Crippen LogP contribution in [0.15, 0.2) is 0 Å². The van der Waals surface area contributed by atoms with Crippen LogP contribution in [-0.2, 0) is 35.3 Å². The number of hydrogen-bond acceptors (Lipinski definition) is 7. The quantitative estimate of drug-likeness (QED) is 0.671. The lowest BCUT2D eigenvalue weighted by molar-refractivity contribution is -0.149. The number of hydrogen-bond donors (Lipinski definition) is 0. The SMILES string of the molecule is COC(=O)CCC(=O)N1C[C@H](OC)[C@@H](OC)c2c(nnn2C(C)(C)C)C(F)(F)C1. The minimum Gasteiger partial charge on any atom is -0.469 e. The second kappa shape index (κ2) is 8.70. The Balaban J connectivity index is 2.48. The Morgan fingerprint density at radius 2 is 1.83 bits per heavy atom. The minimum absolute atomic E-state index is 0.124. The maximum atomic E-state index is 15.2. The molecule has 0 bridgehead atoms. The lowest BCUT2D eigenvalue weighted by atomic mass is 9.98. The van der Waals surface area contributed by atoms with Crippen LogP contribution in [0.2, 0.25) is 0 Å². The first-order valence-electron chi connectivity index (χ1n) is 9.20. The Morgan fingerprint density at radius 3 is 2.34 bits per heavy atom. The van der Waals surface area contributed by atoms with Gasteiger partial charge in [0, 0.05) is 20.6 Å². The molecule has 1 aromatic rings. The van der Waals surface area contributed by atoms with Gasteiger partial charge in [0.25, 0.3) is 0 Å². The first-order valence-corrected chi connectivity index (χ1v) is 9.20. The summed E-state index contributed by atoms with van der Waals surface area (Å²) in [6, 6.07) is 0. The van der Waals surface area contributed by atoms with Crippen molar-refractivity contribution in [2.75, 3.05) is 34.4 Å². The van der Waals surface area contributed by atoms with E-state index in [1.165, 1.54) is 26.0 Å². The fourth-order valence-electron chi connectivity index (χ4n) is 3.29. The molecule has 9 nitrogen and oxygen atoms in total. The van der Waals surface area contributed by atoms with E-state index in [4.69, 9.17) is 9.47 Å². The van der Waals surface area contributed by atoms with E-state index >= 15 is 8.78 Å². The minimum atomic E-state index is -3.46. The van der Waals surface area contributed by atoms with Crippen LogP contribution in [0.5, 0.6) is 0 Å². The number of amides is 1. The van der Waals surface area contributed by atoms with Crippen LogP contribution in [0.4, 0.5) is 8.78 Å². The zero-order chi connectivity index (χ0) is 22.0. The highest BCUT2D eigenvalue weighted by Gasteiger charge is 2.48. The molecule has 0 N–H and O–H groups in total. The number of nitrogens with zero attached hydrogens (tertiary/aromatic N) is 4. The third-order valence-corrected chi connectivity index (χ3v) is 4.76. The largest absolute Gasteiger partial charge is 0.469 e. The lowest BCUT2D eigenvalue weighted by Gasteiger charge is -2.37. The van der Waals surface area contributed by atoms with Crippen molar-refractivity contribution in [1.82, 2.24) is 19.9 Å². The molecule has 1 aromatic heterocycles. The van der Waals surface area contributed by atoms with Gasteiger partial charge in [-0.2, -0.15) is 8.78 Å². The molecule has 0 spiro atoms. The molecule has 0 radical (unpaired) electrons.